The van der Waals surface area contributed by atoms with Crippen molar-refractivity contribution in [3.63, 3.8) is 0 Å². The van der Waals surface area contributed by atoms with Gasteiger partial charge in [0.25, 0.3) is 0 Å². The number of hydrogen-bond acceptors (Lipinski definition) is 4. The van der Waals surface area contributed by atoms with Gasteiger partial charge in [-0.3, -0.25) is 5.32 Å². The molecule has 3 heterocycles. The second-order valence-electron chi connectivity index (χ2n) is 3.43. The van der Waals surface area contributed by atoms with Gasteiger partial charge in [-0.05, 0) is 6.92 Å². The van der Waals surface area contributed by atoms with Gasteiger partial charge in [-0.25, -0.2) is 9.50 Å². The van der Waals surface area contributed by atoms with E-state index in [0.29, 0.717) is 11.9 Å². The van der Waals surface area contributed by atoms with Crippen LogP contribution in [-0.2, 0) is 6.54 Å². The Kier molecular flexibility index (Phi) is 1.83. The Hall–Kier alpha value is -1.33. The summed E-state index contributed by atoms with van der Waals surface area (Å²) in [6.07, 6.45) is 1.45. The van der Waals surface area contributed by atoms with Gasteiger partial charge in [0.2, 0.25) is 0 Å². The molecule has 0 aliphatic carbocycles. The molecule has 1 aliphatic heterocycles. The number of hydrogen-bond donors (Lipinski definition) is 1. The van der Waals surface area contributed by atoms with Crippen LogP contribution in [0.4, 0.5) is 0 Å². The molecule has 0 saturated carbocycles. The van der Waals surface area contributed by atoms with Crippen LogP contribution in [0.3, 0.4) is 0 Å². The molecule has 0 atom stereocenters. The number of nitrogens with one attached hydrogen (secondary N) is 1. The highest BCUT2D eigenvalue weighted by atomic mass is 35.5. The summed E-state index contributed by atoms with van der Waals surface area (Å²) in [6.45, 7) is 3.22. The van der Waals surface area contributed by atoms with E-state index in [9.17, 15) is 0 Å². The van der Waals surface area contributed by atoms with Gasteiger partial charge < -0.3 is 4.74 Å². The number of aromatic nitrogens is 3. The number of ether oxygens (including phenoxy) is 1. The van der Waals surface area contributed by atoms with Crippen LogP contribution in [0.2, 0.25) is 5.15 Å². The standard InChI is InChI=1S/C9H9ClN4O/c1-5-7-9(10)12-3-13-14(7)6-2-11-4-15-8(5)6/h3,11H,2,4H2,1H3. The Morgan fingerprint density at radius 3 is 3.33 bits per heavy atom. The lowest BCUT2D eigenvalue weighted by molar-refractivity contribution is 0.253. The van der Waals surface area contributed by atoms with E-state index < -0.39 is 0 Å². The summed E-state index contributed by atoms with van der Waals surface area (Å²) in [4.78, 5) is 3.97. The maximum absolute atomic E-state index is 6.03. The second-order valence-corrected chi connectivity index (χ2v) is 3.79. The van der Waals surface area contributed by atoms with E-state index in [1.165, 1.54) is 6.33 Å². The van der Waals surface area contributed by atoms with E-state index in [4.69, 9.17) is 16.3 Å². The fraction of sp³-hybridized carbons (Fsp3) is 0.333. The molecule has 0 saturated heterocycles. The molecule has 5 nitrogen and oxygen atoms in total. The van der Waals surface area contributed by atoms with Crippen LogP contribution in [0, 0.1) is 6.92 Å². The van der Waals surface area contributed by atoms with E-state index in [1.807, 2.05) is 6.92 Å². The highest BCUT2D eigenvalue weighted by molar-refractivity contribution is 6.32. The summed E-state index contributed by atoms with van der Waals surface area (Å²) in [5.41, 5.74) is 2.82. The Bertz CT molecular complexity index is 536. The smallest absolute Gasteiger partial charge is 0.157 e. The molecule has 0 bridgehead atoms. The molecular formula is C9H9ClN4O. The normalized spacial score (nSPS) is 15.1. The van der Waals surface area contributed by atoms with Crippen molar-refractivity contribution >= 4 is 17.1 Å². The first-order valence-electron chi connectivity index (χ1n) is 4.63. The average molecular weight is 225 g/mol. The third kappa shape index (κ3) is 1.13. The highest BCUT2D eigenvalue weighted by Gasteiger charge is 2.22. The summed E-state index contributed by atoms with van der Waals surface area (Å²) in [5, 5.41) is 7.76. The van der Waals surface area contributed by atoms with Crippen LogP contribution in [0.1, 0.15) is 11.3 Å². The van der Waals surface area contributed by atoms with E-state index in [0.717, 1.165) is 29.1 Å². The van der Waals surface area contributed by atoms with Gasteiger partial charge in [0.05, 0.1) is 5.69 Å². The quantitative estimate of drug-likeness (QED) is 0.729. The van der Waals surface area contributed by atoms with Crippen molar-refractivity contribution in [1.82, 2.24) is 19.9 Å². The highest BCUT2D eigenvalue weighted by Crippen LogP contribution is 2.33. The van der Waals surface area contributed by atoms with E-state index >= 15 is 0 Å². The van der Waals surface area contributed by atoms with Crippen LogP contribution in [0.25, 0.3) is 5.52 Å². The van der Waals surface area contributed by atoms with Crippen molar-refractivity contribution in [2.75, 3.05) is 6.73 Å². The van der Waals surface area contributed by atoms with E-state index in [1.54, 1.807) is 4.52 Å². The summed E-state index contributed by atoms with van der Waals surface area (Å²) in [6, 6.07) is 0. The van der Waals surface area contributed by atoms with Gasteiger partial charge in [0.1, 0.15) is 24.3 Å². The van der Waals surface area contributed by atoms with Gasteiger partial charge in [-0.2, -0.15) is 5.10 Å². The molecule has 0 radical (unpaired) electrons. The third-order valence-corrected chi connectivity index (χ3v) is 2.85. The molecule has 78 valence electrons. The topological polar surface area (TPSA) is 51.5 Å². The lowest BCUT2D eigenvalue weighted by Crippen LogP contribution is -2.26. The zero-order valence-corrected chi connectivity index (χ0v) is 8.88. The molecule has 6 heteroatoms. The van der Waals surface area contributed by atoms with E-state index in [2.05, 4.69) is 15.4 Å². The third-order valence-electron chi connectivity index (χ3n) is 2.57. The molecule has 1 aliphatic rings. The van der Waals surface area contributed by atoms with Crippen LogP contribution in [-0.4, -0.2) is 21.3 Å². The fourth-order valence-corrected chi connectivity index (χ4v) is 2.18. The van der Waals surface area contributed by atoms with Crippen molar-refractivity contribution in [2.45, 2.75) is 13.5 Å². The molecule has 2 aromatic rings. The van der Waals surface area contributed by atoms with Gasteiger partial charge >= 0.3 is 0 Å². The minimum absolute atomic E-state index is 0.459. The molecular weight excluding hydrogens is 216 g/mol. The van der Waals surface area contributed by atoms with Crippen molar-refractivity contribution in [3.05, 3.63) is 22.7 Å². The minimum Gasteiger partial charge on any atom is -0.476 e. The van der Waals surface area contributed by atoms with Crippen molar-refractivity contribution < 1.29 is 4.74 Å². The van der Waals surface area contributed by atoms with Crippen LogP contribution in [0.5, 0.6) is 5.75 Å². The SMILES string of the molecule is Cc1c2c(n3ncnc(Cl)c13)CNCO2. The number of fused-ring (bicyclic) bond motifs is 3. The van der Waals surface area contributed by atoms with Crippen LogP contribution in [0.15, 0.2) is 6.33 Å². The molecule has 0 fully saturated rings. The molecule has 0 spiro atoms. The predicted molar refractivity (Wildman–Crippen MR) is 55.1 cm³/mol. The van der Waals surface area contributed by atoms with Gasteiger partial charge in [-0.1, -0.05) is 11.6 Å². The zero-order chi connectivity index (χ0) is 10.4. The lowest BCUT2D eigenvalue weighted by Gasteiger charge is -2.15. The average Bonchev–Trinajstić information content (AvgIpc) is 2.55. The summed E-state index contributed by atoms with van der Waals surface area (Å²) in [7, 11) is 0. The monoisotopic (exact) mass is 224 g/mol. The number of rotatable bonds is 0. The molecule has 15 heavy (non-hydrogen) atoms. The van der Waals surface area contributed by atoms with Gasteiger partial charge in [0, 0.05) is 12.1 Å². The van der Waals surface area contributed by atoms with Crippen LogP contribution < -0.4 is 10.1 Å². The zero-order valence-electron chi connectivity index (χ0n) is 8.12. The van der Waals surface area contributed by atoms with Gasteiger partial charge in [0.15, 0.2) is 5.15 Å². The van der Waals surface area contributed by atoms with E-state index in [-0.39, 0.29) is 0 Å². The summed E-state index contributed by atoms with van der Waals surface area (Å²) < 4.78 is 7.32. The predicted octanol–water partition coefficient (Wildman–Crippen LogP) is 1.13. The Morgan fingerprint density at radius 1 is 1.60 bits per heavy atom. The largest absolute Gasteiger partial charge is 0.476 e. The minimum atomic E-state index is 0.459. The Balaban J connectivity index is 2.44. The molecule has 0 aromatic carbocycles. The first-order chi connectivity index (χ1) is 7.29. The summed E-state index contributed by atoms with van der Waals surface area (Å²) >= 11 is 6.03. The van der Waals surface area contributed by atoms with Crippen molar-refractivity contribution in [2.24, 2.45) is 0 Å². The van der Waals surface area contributed by atoms with Crippen molar-refractivity contribution in [3.8, 4) is 5.75 Å². The molecule has 2 aromatic heterocycles. The lowest BCUT2D eigenvalue weighted by atomic mass is 10.2. The fourth-order valence-electron chi connectivity index (χ4n) is 1.91. The number of aryl methyl sites for hydroxylation is 1. The van der Waals surface area contributed by atoms with Crippen LogP contribution >= 0.6 is 11.6 Å². The molecule has 3 rings (SSSR count). The summed E-state index contributed by atoms with van der Waals surface area (Å²) in [5.74, 6) is 0.871. The molecule has 0 amide bonds. The van der Waals surface area contributed by atoms with Crippen molar-refractivity contribution in [1.29, 1.82) is 0 Å². The second kappa shape index (κ2) is 3.08. The first kappa shape index (κ1) is 8.94. The van der Waals surface area contributed by atoms with Gasteiger partial charge in [-0.15, -0.1) is 0 Å². The maximum atomic E-state index is 6.03. The number of nitrogens with zero attached hydrogens (tertiary/aromatic N) is 3. The maximum Gasteiger partial charge on any atom is 0.157 e. The Labute approximate surface area is 91.0 Å². The Morgan fingerprint density at radius 2 is 2.47 bits per heavy atom. The first-order valence-corrected chi connectivity index (χ1v) is 5.01. The molecule has 1 N–H and O–H groups in total. The molecule has 0 unspecified atom stereocenters. The number of halogens is 1.